The quantitative estimate of drug-likeness (QED) is 0.579. The van der Waals surface area contributed by atoms with Crippen molar-refractivity contribution in [3.63, 3.8) is 0 Å². The molecule has 0 unspecified atom stereocenters. The van der Waals surface area contributed by atoms with Crippen molar-refractivity contribution in [1.82, 2.24) is 4.90 Å². The predicted octanol–water partition coefficient (Wildman–Crippen LogP) is 3.16. The summed E-state index contributed by atoms with van der Waals surface area (Å²) in [6.45, 7) is 4.27. The molecule has 5 nitrogen and oxygen atoms in total. The third-order valence-electron chi connectivity index (χ3n) is 2.68. The van der Waals surface area contributed by atoms with E-state index in [0.29, 0.717) is 26.0 Å². The van der Waals surface area contributed by atoms with E-state index in [1.807, 2.05) is 13.8 Å². The fourth-order valence-electron chi connectivity index (χ4n) is 1.80. The van der Waals surface area contributed by atoms with Crippen LogP contribution in [0.3, 0.4) is 0 Å². The Morgan fingerprint density at radius 3 is 2.50 bits per heavy atom. The summed E-state index contributed by atoms with van der Waals surface area (Å²) in [6.07, 6.45) is 0.602. The van der Waals surface area contributed by atoms with Crippen LogP contribution in [0.1, 0.15) is 26.7 Å². The van der Waals surface area contributed by atoms with E-state index in [9.17, 15) is 9.59 Å². The number of hydrogen-bond donors (Lipinski definition) is 0. The van der Waals surface area contributed by atoms with Crippen molar-refractivity contribution in [2.45, 2.75) is 36.5 Å². The zero-order valence-corrected chi connectivity index (χ0v) is 13.7. The number of ether oxygens (including phenoxy) is 2. The van der Waals surface area contributed by atoms with Gasteiger partial charge in [0.1, 0.15) is 12.6 Å². The van der Waals surface area contributed by atoms with E-state index in [0.717, 1.165) is 0 Å². The van der Waals surface area contributed by atoms with Crippen LogP contribution in [-0.4, -0.2) is 46.6 Å². The van der Waals surface area contributed by atoms with Gasteiger partial charge in [-0.1, -0.05) is 48.7 Å². The van der Waals surface area contributed by atoms with Crippen molar-refractivity contribution in [1.29, 1.82) is 0 Å². The number of alkyl halides is 3. The first-order valence-corrected chi connectivity index (χ1v) is 7.51. The maximum Gasteiger partial charge on any atom is 0.410 e. The molecule has 0 N–H and O–H groups in total. The Morgan fingerprint density at radius 2 is 1.95 bits per heavy atom. The Kier molecular flexibility index (Phi) is 6.69. The highest BCUT2D eigenvalue weighted by Gasteiger charge is 2.37. The minimum atomic E-state index is -1.66. The van der Waals surface area contributed by atoms with Crippen LogP contribution in [0, 0.1) is 5.92 Å². The van der Waals surface area contributed by atoms with E-state index in [2.05, 4.69) is 0 Å². The second-order valence-electron chi connectivity index (χ2n) is 5.05. The number of carbonyl (C=O) groups excluding carboxylic acids is 2. The first-order chi connectivity index (χ1) is 9.20. The molecule has 0 saturated carbocycles. The summed E-state index contributed by atoms with van der Waals surface area (Å²) in [5.74, 6) is -0.174. The van der Waals surface area contributed by atoms with Gasteiger partial charge in [0.2, 0.25) is 3.79 Å². The third kappa shape index (κ3) is 5.94. The van der Waals surface area contributed by atoms with Gasteiger partial charge in [-0.15, -0.1) is 0 Å². The summed E-state index contributed by atoms with van der Waals surface area (Å²) >= 11 is 16.5. The van der Waals surface area contributed by atoms with E-state index in [4.69, 9.17) is 44.3 Å². The molecule has 0 bridgehead atoms. The van der Waals surface area contributed by atoms with Gasteiger partial charge >= 0.3 is 12.1 Å². The van der Waals surface area contributed by atoms with Crippen molar-refractivity contribution in [2.75, 3.05) is 19.8 Å². The molecule has 0 aliphatic carbocycles. The molecule has 1 saturated heterocycles. The number of hydrogen-bond acceptors (Lipinski definition) is 4. The van der Waals surface area contributed by atoms with Gasteiger partial charge in [0.25, 0.3) is 0 Å². The van der Waals surface area contributed by atoms with Gasteiger partial charge in [0.15, 0.2) is 0 Å². The van der Waals surface area contributed by atoms with Crippen LogP contribution in [0.15, 0.2) is 0 Å². The Morgan fingerprint density at radius 1 is 1.30 bits per heavy atom. The van der Waals surface area contributed by atoms with Crippen molar-refractivity contribution in [2.24, 2.45) is 5.92 Å². The number of carbonyl (C=O) groups is 2. The van der Waals surface area contributed by atoms with Crippen LogP contribution in [0.25, 0.3) is 0 Å². The number of esters is 1. The topological polar surface area (TPSA) is 55.8 Å². The first-order valence-electron chi connectivity index (χ1n) is 6.37. The molecule has 1 aliphatic heterocycles. The number of amides is 1. The summed E-state index contributed by atoms with van der Waals surface area (Å²) in [5, 5.41) is 0. The summed E-state index contributed by atoms with van der Waals surface area (Å²) < 4.78 is 8.36. The van der Waals surface area contributed by atoms with Gasteiger partial charge in [-0.2, -0.15) is 0 Å². The van der Waals surface area contributed by atoms with Crippen LogP contribution in [-0.2, 0) is 14.3 Å². The predicted molar refractivity (Wildman–Crippen MR) is 77.2 cm³/mol. The van der Waals surface area contributed by atoms with Crippen LogP contribution in [0.5, 0.6) is 0 Å². The molecule has 1 heterocycles. The lowest BCUT2D eigenvalue weighted by atomic mass is 10.2. The van der Waals surface area contributed by atoms with Crippen LogP contribution in [0.2, 0.25) is 0 Å². The fraction of sp³-hybridized carbons (Fsp3) is 0.833. The first kappa shape index (κ1) is 17.7. The molecule has 20 heavy (non-hydrogen) atoms. The van der Waals surface area contributed by atoms with Gasteiger partial charge in [-0.25, -0.2) is 9.59 Å². The zero-order chi connectivity index (χ0) is 15.3. The Balaban J connectivity index is 2.51. The maximum atomic E-state index is 11.9. The molecule has 1 amide bonds. The SMILES string of the molecule is CC(C)COC(=O)[C@@H]1CCCN1C(=O)OCC(Cl)(Cl)Cl. The fourth-order valence-corrected chi connectivity index (χ4v) is 1.97. The van der Waals surface area contributed by atoms with Gasteiger partial charge < -0.3 is 9.47 Å². The number of nitrogens with zero attached hydrogens (tertiary/aromatic N) is 1. The summed E-state index contributed by atoms with van der Waals surface area (Å²) in [7, 11) is 0. The average molecular weight is 347 g/mol. The zero-order valence-electron chi connectivity index (χ0n) is 11.4. The molecule has 1 fully saturated rings. The lowest BCUT2D eigenvalue weighted by Gasteiger charge is -2.23. The lowest BCUT2D eigenvalue weighted by molar-refractivity contribution is -0.149. The van der Waals surface area contributed by atoms with E-state index < -0.39 is 21.9 Å². The molecule has 0 aromatic heterocycles. The summed E-state index contributed by atoms with van der Waals surface area (Å²) in [4.78, 5) is 25.1. The minimum absolute atomic E-state index is 0.241. The second-order valence-corrected chi connectivity index (χ2v) is 7.56. The number of halogens is 3. The van der Waals surface area contributed by atoms with Crippen LogP contribution < -0.4 is 0 Å². The van der Waals surface area contributed by atoms with E-state index in [1.54, 1.807) is 0 Å². The summed E-state index contributed by atoms with van der Waals surface area (Å²) in [5.41, 5.74) is 0. The van der Waals surface area contributed by atoms with Crippen LogP contribution in [0.4, 0.5) is 4.79 Å². The standard InChI is InChI=1S/C12H18Cl3NO4/c1-8(2)6-19-10(17)9-4-3-5-16(9)11(18)20-7-12(13,14)15/h8-9H,3-7H2,1-2H3/t9-/m0/s1. The lowest BCUT2D eigenvalue weighted by Crippen LogP contribution is -2.42. The molecule has 0 radical (unpaired) electrons. The van der Waals surface area contributed by atoms with Crippen molar-refractivity contribution >= 4 is 46.9 Å². The van der Waals surface area contributed by atoms with Gasteiger partial charge in [0.05, 0.1) is 6.61 Å². The maximum absolute atomic E-state index is 11.9. The molecule has 0 aromatic carbocycles. The molecule has 0 aromatic rings. The van der Waals surface area contributed by atoms with Crippen LogP contribution >= 0.6 is 34.8 Å². The Labute approximate surface area is 133 Å². The normalized spacial score (nSPS) is 19.3. The minimum Gasteiger partial charge on any atom is -0.464 e. The molecule has 1 aliphatic rings. The Hall–Kier alpha value is -0.390. The molecule has 8 heteroatoms. The average Bonchev–Trinajstić information content (AvgIpc) is 2.81. The number of rotatable bonds is 4. The highest BCUT2D eigenvalue weighted by atomic mass is 35.6. The molecule has 1 rings (SSSR count). The second kappa shape index (κ2) is 7.57. The molecule has 1 atom stereocenters. The van der Waals surface area contributed by atoms with Crippen molar-refractivity contribution in [3.05, 3.63) is 0 Å². The number of likely N-dealkylation sites (tertiary alicyclic amines) is 1. The van der Waals surface area contributed by atoms with E-state index in [-0.39, 0.29) is 12.5 Å². The largest absolute Gasteiger partial charge is 0.464 e. The molecular formula is C12H18Cl3NO4. The van der Waals surface area contributed by atoms with Crippen molar-refractivity contribution in [3.8, 4) is 0 Å². The van der Waals surface area contributed by atoms with E-state index >= 15 is 0 Å². The highest BCUT2D eigenvalue weighted by molar-refractivity contribution is 6.67. The van der Waals surface area contributed by atoms with Gasteiger partial charge in [-0.3, -0.25) is 4.90 Å². The smallest absolute Gasteiger partial charge is 0.410 e. The Bertz CT molecular complexity index is 357. The monoisotopic (exact) mass is 345 g/mol. The molecule has 116 valence electrons. The molecule has 0 spiro atoms. The molecular weight excluding hydrogens is 328 g/mol. The van der Waals surface area contributed by atoms with E-state index in [1.165, 1.54) is 4.90 Å². The van der Waals surface area contributed by atoms with Gasteiger partial charge in [0, 0.05) is 6.54 Å². The summed E-state index contributed by atoms with van der Waals surface area (Å²) in [6, 6.07) is -0.614. The third-order valence-corrected chi connectivity index (χ3v) is 3.00. The van der Waals surface area contributed by atoms with Crippen molar-refractivity contribution < 1.29 is 19.1 Å². The highest BCUT2D eigenvalue weighted by Crippen LogP contribution is 2.27. The van der Waals surface area contributed by atoms with Gasteiger partial charge in [-0.05, 0) is 18.8 Å².